The van der Waals surface area contributed by atoms with Gasteiger partial charge in [-0.2, -0.15) is 0 Å². The number of hydrogen-bond donors (Lipinski definition) is 1. The number of urea groups is 1. The van der Waals surface area contributed by atoms with E-state index in [0.29, 0.717) is 6.04 Å². The molecule has 0 aliphatic carbocycles. The van der Waals surface area contributed by atoms with Gasteiger partial charge in [-0.05, 0) is 31.0 Å². The van der Waals surface area contributed by atoms with Crippen molar-refractivity contribution in [3.05, 3.63) is 29.3 Å². The van der Waals surface area contributed by atoms with Gasteiger partial charge < -0.3 is 10.2 Å². The van der Waals surface area contributed by atoms with Gasteiger partial charge in [0.05, 0.1) is 6.04 Å². The second-order valence-electron chi connectivity index (χ2n) is 5.16. The predicted octanol–water partition coefficient (Wildman–Crippen LogP) is 1.52. The standard InChI is InChI=1S/C14H19N3O/c1-10-4-3-5-13(11(10)2)17-9-12-8-15-6-7-16(12)14(17)18/h3-5,12,15H,6-9H2,1-2H3. The lowest BCUT2D eigenvalue weighted by Gasteiger charge is -2.28. The fraction of sp³-hybridized carbons (Fsp3) is 0.500. The molecular formula is C14H19N3O. The van der Waals surface area contributed by atoms with Crippen molar-refractivity contribution in [2.75, 3.05) is 31.1 Å². The lowest BCUT2D eigenvalue weighted by atomic mass is 10.1. The third-order valence-electron chi connectivity index (χ3n) is 4.09. The van der Waals surface area contributed by atoms with Crippen LogP contribution in [0.3, 0.4) is 0 Å². The molecule has 0 radical (unpaired) electrons. The molecule has 0 saturated carbocycles. The number of hydrogen-bond acceptors (Lipinski definition) is 2. The highest BCUT2D eigenvalue weighted by atomic mass is 16.2. The Morgan fingerprint density at radius 1 is 1.33 bits per heavy atom. The van der Waals surface area contributed by atoms with Crippen LogP contribution in [0, 0.1) is 13.8 Å². The zero-order valence-electron chi connectivity index (χ0n) is 10.9. The molecule has 2 amide bonds. The minimum Gasteiger partial charge on any atom is -0.317 e. The molecule has 2 aliphatic rings. The molecule has 2 heterocycles. The lowest BCUT2D eigenvalue weighted by Crippen LogP contribution is -2.49. The first-order valence-electron chi connectivity index (χ1n) is 6.53. The molecule has 2 fully saturated rings. The Balaban J connectivity index is 1.93. The summed E-state index contributed by atoms with van der Waals surface area (Å²) in [4.78, 5) is 16.4. The van der Waals surface area contributed by atoms with E-state index in [9.17, 15) is 4.79 Å². The average molecular weight is 245 g/mol. The molecule has 4 heteroatoms. The maximum Gasteiger partial charge on any atom is 0.324 e. The molecule has 1 aromatic rings. The number of fused-ring (bicyclic) bond motifs is 1. The van der Waals surface area contributed by atoms with Gasteiger partial charge in [0.25, 0.3) is 0 Å². The average Bonchev–Trinajstić information content (AvgIpc) is 2.71. The maximum atomic E-state index is 12.4. The number of piperazine rings is 1. The van der Waals surface area contributed by atoms with Gasteiger partial charge in [0.1, 0.15) is 0 Å². The summed E-state index contributed by atoms with van der Waals surface area (Å²) >= 11 is 0. The predicted molar refractivity (Wildman–Crippen MR) is 72.0 cm³/mol. The molecule has 4 nitrogen and oxygen atoms in total. The van der Waals surface area contributed by atoms with Gasteiger partial charge in [0.2, 0.25) is 0 Å². The minimum absolute atomic E-state index is 0.162. The van der Waals surface area contributed by atoms with Crippen molar-refractivity contribution in [1.29, 1.82) is 0 Å². The van der Waals surface area contributed by atoms with Gasteiger partial charge in [-0.25, -0.2) is 4.79 Å². The quantitative estimate of drug-likeness (QED) is 0.814. The topological polar surface area (TPSA) is 35.6 Å². The van der Waals surface area contributed by atoms with E-state index in [1.54, 1.807) is 0 Å². The van der Waals surface area contributed by atoms with Crippen molar-refractivity contribution >= 4 is 11.7 Å². The number of nitrogens with zero attached hydrogens (tertiary/aromatic N) is 2. The first-order chi connectivity index (χ1) is 8.68. The van der Waals surface area contributed by atoms with Crippen molar-refractivity contribution in [2.24, 2.45) is 0 Å². The van der Waals surface area contributed by atoms with Gasteiger partial charge in [0, 0.05) is 31.9 Å². The van der Waals surface area contributed by atoms with Crippen LogP contribution in [0.4, 0.5) is 10.5 Å². The fourth-order valence-electron chi connectivity index (χ4n) is 2.85. The molecular weight excluding hydrogens is 226 g/mol. The smallest absolute Gasteiger partial charge is 0.317 e. The summed E-state index contributed by atoms with van der Waals surface area (Å²) in [5, 5.41) is 3.35. The van der Waals surface area contributed by atoms with E-state index in [1.807, 2.05) is 21.9 Å². The molecule has 2 saturated heterocycles. The summed E-state index contributed by atoms with van der Waals surface area (Å²) in [6.45, 7) is 7.62. The van der Waals surface area contributed by atoms with Crippen molar-refractivity contribution in [3.63, 3.8) is 0 Å². The molecule has 2 aliphatic heterocycles. The van der Waals surface area contributed by atoms with E-state index in [4.69, 9.17) is 0 Å². The van der Waals surface area contributed by atoms with E-state index in [0.717, 1.165) is 31.9 Å². The number of carbonyl (C=O) groups excluding carboxylic acids is 1. The number of rotatable bonds is 1. The van der Waals surface area contributed by atoms with E-state index in [-0.39, 0.29) is 6.03 Å². The molecule has 1 aromatic carbocycles. The second-order valence-corrected chi connectivity index (χ2v) is 5.16. The van der Waals surface area contributed by atoms with Crippen molar-refractivity contribution in [1.82, 2.24) is 10.2 Å². The molecule has 0 aromatic heterocycles. The third kappa shape index (κ3) is 1.68. The van der Waals surface area contributed by atoms with Gasteiger partial charge in [-0.1, -0.05) is 12.1 Å². The number of anilines is 1. The summed E-state index contributed by atoms with van der Waals surface area (Å²) in [5.41, 5.74) is 3.51. The molecule has 18 heavy (non-hydrogen) atoms. The van der Waals surface area contributed by atoms with Gasteiger partial charge >= 0.3 is 6.03 Å². The lowest BCUT2D eigenvalue weighted by molar-refractivity contribution is 0.193. The molecule has 0 spiro atoms. The molecule has 1 atom stereocenters. The fourth-order valence-corrected chi connectivity index (χ4v) is 2.85. The molecule has 1 unspecified atom stereocenters. The van der Waals surface area contributed by atoms with Crippen LogP contribution in [0.15, 0.2) is 18.2 Å². The number of aryl methyl sites for hydroxylation is 1. The summed E-state index contributed by atoms with van der Waals surface area (Å²) in [6.07, 6.45) is 0. The molecule has 3 rings (SSSR count). The molecule has 0 bridgehead atoms. The SMILES string of the molecule is Cc1cccc(N2CC3CNCCN3C2=O)c1C. The van der Waals surface area contributed by atoms with E-state index in [1.165, 1.54) is 11.1 Å². The summed E-state index contributed by atoms with van der Waals surface area (Å²) < 4.78 is 0. The van der Waals surface area contributed by atoms with Crippen molar-refractivity contribution < 1.29 is 4.79 Å². The largest absolute Gasteiger partial charge is 0.324 e. The highest BCUT2D eigenvalue weighted by molar-refractivity contribution is 5.95. The van der Waals surface area contributed by atoms with Crippen molar-refractivity contribution in [3.8, 4) is 0 Å². The zero-order chi connectivity index (χ0) is 12.7. The molecule has 96 valence electrons. The van der Waals surface area contributed by atoms with Crippen molar-refractivity contribution in [2.45, 2.75) is 19.9 Å². The van der Waals surface area contributed by atoms with Crippen LogP contribution in [-0.4, -0.2) is 43.2 Å². The maximum absolute atomic E-state index is 12.4. The summed E-state index contributed by atoms with van der Waals surface area (Å²) in [5.74, 6) is 0. The first kappa shape index (κ1) is 11.5. The van der Waals surface area contributed by atoms with Gasteiger partial charge in [-0.3, -0.25) is 4.90 Å². The van der Waals surface area contributed by atoms with E-state index >= 15 is 0 Å². The van der Waals surface area contributed by atoms with Gasteiger partial charge in [0.15, 0.2) is 0 Å². The Bertz CT molecular complexity index is 486. The van der Waals surface area contributed by atoms with Crippen LogP contribution in [0.5, 0.6) is 0 Å². The van der Waals surface area contributed by atoms with Crippen LogP contribution in [0.1, 0.15) is 11.1 Å². The van der Waals surface area contributed by atoms with E-state index in [2.05, 4.69) is 25.2 Å². The number of amides is 2. The van der Waals surface area contributed by atoms with Crippen LogP contribution in [0.2, 0.25) is 0 Å². The Morgan fingerprint density at radius 2 is 2.17 bits per heavy atom. The number of carbonyl (C=O) groups is 1. The Morgan fingerprint density at radius 3 is 2.94 bits per heavy atom. The zero-order valence-corrected chi connectivity index (χ0v) is 10.9. The molecule has 1 N–H and O–H groups in total. The Kier molecular flexibility index (Phi) is 2.74. The number of benzene rings is 1. The van der Waals surface area contributed by atoms with Crippen LogP contribution in [0.25, 0.3) is 0 Å². The van der Waals surface area contributed by atoms with Crippen LogP contribution >= 0.6 is 0 Å². The van der Waals surface area contributed by atoms with Gasteiger partial charge in [-0.15, -0.1) is 0 Å². The van der Waals surface area contributed by atoms with E-state index < -0.39 is 0 Å². The Hall–Kier alpha value is -1.55. The monoisotopic (exact) mass is 245 g/mol. The van der Waals surface area contributed by atoms with Crippen LogP contribution in [-0.2, 0) is 0 Å². The Labute approximate surface area is 108 Å². The first-order valence-corrected chi connectivity index (χ1v) is 6.53. The third-order valence-corrected chi connectivity index (χ3v) is 4.09. The summed E-state index contributed by atoms with van der Waals surface area (Å²) in [7, 11) is 0. The summed E-state index contributed by atoms with van der Waals surface area (Å²) in [6, 6.07) is 6.65. The van der Waals surface area contributed by atoms with Crippen LogP contribution < -0.4 is 10.2 Å². The second kappa shape index (κ2) is 4.28. The highest BCUT2D eigenvalue weighted by Crippen LogP contribution is 2.28. The number of nitrogens with one attached hydrogen (secondary N) is 1. The normalized spacial score (nSPS) is 23.4. The highest BCUT2D eigenvalue weighted by Gasteiger charge is 2.39. The minimum atomic E-state index is 0.162.